The van der Waals surface area contributed by atoms with Crippen molar-refractivity contribution in [2.24, 2.45) is 0 Å². The topological polar surface area (TPSA) is 86.0 Å². The first-order valence-corrected chi connectivity index (χ1v) is 8.64. The van der Waals surface area contributed by atoms with Gasteiger partial charge < -0.3 is 19.7 Å². The van der Waals surface area contributed by atoms with Crippen LogP contribution < -0.4 is 10.2 Å². The first-order valence-electron chi connectivity index (χ1n) is 8.64. The quantitative estimate of drug-likeness (QED) is 0.819. The molecule has 0 saturated carbocycles. The maximum absolute atomic E-state index is 12.1. The third-order valence-electron chi connectivity index (χ3n) is 4.44. The molecular weight excluding hydrogens is 334 g/mol. The highest BCUT2D eigenvalue weighted by Gasteiger charge is 2.19. The van der Waals surface area contributed by atoms with Gasteiger partial charge >= 0.3 is 5.97 Å². The van der Waals surface area contributed by atoms with E-state index in [1.54, 1.807) is 6.07 Å². The van der Waals surface area contributed by atoms with E-state index in [0.717, 1.165) is 26.2 Å². The van der Waals surface area contributed by atoms with Gasteiger partial charge in [-0.1, -0.05) is 12.1 Å². The zero-order valence-corrected chi connectivity index (χ0v) is 14.8. The molecule has 138 valence electrons. The van der Waals surface area contributed by atoms with Crippen molar-refractivity contribution in [2.75, 3.05) is 37.6 Å². The number of carbonyl (C=O) groups excluding carboxylic acids is 1. The van der Waals surface area contributed by atoms with E-state index in [1.807, 2.05) is 0 Å². The van der Waals surface area contributed by atoms with Crippen LogP contribution in [-0.2, 0) is 11.3 Å². The second-order valence-electron chi connectivity index (χ2n) is 6.45. The maximum Gasteiger partial charge on any atom is 0.371 e. The molecule has 1 saturated heterocycles. The summed E-state index contributed by atoms with van der Waals surface area (Å²) in [6.07, 6.45) is 0. The van der Waals surface area contributed by atoms with Crippen molar-refractivity contribution in [1.82, 2.24) is 10.2 Å². The molecule has 1 aliphatic rings. The number of nitrogens with zero attached hydrogens (tertiary/aromatic N) is 2. The number of hydrogen-bond acceptors (Lipinski definition) is 5. The minimum Gasteiger partial charge on any atom is -0.475 e. The molecule has 2 N–H and O–H groups in total. The molecule has 1 aromatic carbocycles. The lowest BCUT2D eigenvalue weighted by Gasteiger charge is -2.35. The molecule has 1 aliphatic heterocycles. The van der Waals surface area contributed by atoms with E-state index in [2.05, 4.69) is 46.3 Å². The summed E-state index contributed by atoms with van der Waals surface area (Å²) in [4.78, 5) is 27.3. The van der Waals surface area contributed by atoms with Gasteiger partial charge in [-0.25, -0.2) is 4.79 Å². The van der Waals surface area contributed by atoms with Crippen LogP contribution in [0.2, 0.25) is 0 Å². The van der Waals surface area contributed by atoms with Crippen LogP contribution in [0.25, 0.3) is 0 Å². The summed E-state index contributed by atoms with van der Waals surface area (Å²) in [6.45, 7) is 6.02. The number of amides is 1. The molecule has 0 unspecified atom stereocenters. The second-order valence-corrected chi connectivity index (χ2v) is 6.45. The van der Waals surface area contributed by atoms with Crippen LogP contribution in [0.15, 0.2) is 40.8 Å². The summed E-state index contributed by atoms with van der Waals surface area (Å²) >= 11 is 0. The number of carbonyl (C=O) groups is 2. The Kier molecular flexibility index (Phi) is 5.58. The molecule has 1 fully saturated rings. The number of hydrogen-bond donors (Lipinski definition) is 2. The fraction of sp³-hybridized carbons (Fsp3) is 0.368. The summed E-state index contributed by atoms with van der Waals surface area (Å²) in [5.74, 6) is -0.905. The lowest BCUT2D eigenvalue weighted by molar-refractivity contribution is -0.122. The van der Waals surface area contributed by atoms with E-state index >= 15 is 0 Å². The third kappa shape index (κ3) is 4.64. The Hall–Kier alpha value is -2.80. The average Bonchev–Trinajstić information content (AvgIpc) is 3.10. The number of furan rings is 1. The third-order valence-corrected chi connectivity index (χ3v) is 4.44. The first-order chi connectivity index (χ1) is 12.5. The van der Waals surface area contributed by atoms with Gasteiger partial charge in [0.2, 0.25) is 11.7 Å². The van der Waals surface area contributed by atoms with E-state index in [0.29, 0.717) is 12.3 Å². The molecule has 1 amide bonds. The number of benzene rings is 1. The summed E-state index contributed by atoms with van der Waals surface area (Å²) in [7, 11) is 0. The van der Waals surface area contributed by atoms with Crippen molar-refractivity contribution in [3.05, 3.63) is 53.5 Å². The van der Waals surface area contributed by atoms with Crippen molar-refractivity contribution in [3.8, 4) is 0 Å². The highest BCUT2D eigenvalue weighted by Crippen LogP contribution is 2.17. The summed E-state index contributed by atoms with van der Waals surface area (Å²) < 4.78 is 5.12. The monoisotopic (exact) mass is 357 g/mol. The van der Waals surface area contributed by atoms with Gasteiger partial charge in [-0.3, -0.25) is 9.69 Å². The molecule has 2 heterocycles. The zero-order chi connectivity index (χ0) is 18.5. The lowest BCUT2D eigenvalue weighted by Crippen LogP contribution is -2.49. The number of rotatable bonds is 6. The Morgan fingerprint density at radius 1 is 1.15 bits per heavy atom. The first kappa shape index (κ1) is 18.0. The largest absolute Gasteiger partial charge is 0.475 e. The van der Waals surface area contributed by atoms with Crippen LogP contribution >= 0.6 is 0 Å². The standard InChI is InChI=1S/C19H23N3O4/c1-14-3-2-4-15(11-14)22-9-7-21(8-10-22)13-18(23)20-12-16-5-6-17(26-16)19(24)25/h2-6,11H,7-10,12-13H2,1H3,(H,20,23)(H,24,25). The Bertz CT molecular complexity index is 779. The average molecular weight is 357 g/mol. The number of nitrogens with one attached hydrogen (secondary N) is 1. The van der Waals surface area contributed by atoms with Crippen LogP contribution in [0.1, 0.15) is 21.9 Å². The Morgan fingerprint density at radius 3 is 2.58 bits per heavy atom. The SMILES string of the molecule is Cc1cccc(N2CCN(CC(=O)NCc3ccc(C(=O)O)o3)CC2)c1. The molecule has 0 aliphatic carbocycles. The molecule has 0 radical (unpaired) electrons. The highest BCUT2D eigenvalue weighted by atomic mass is 16.4. The van der Waals surface area contributed by atoms with E-state index < -0.39 is 5.97 Å². The molecule has 7 heteroatoms. The number of carboxylic acids is 1. The molecule has 0 spiro atoms. The van der Waals surface area contributed by atoms with E-state index in [4.69, 9.17) is 9.52 Å². The van der Waals surface area contributed by atoms with Crippen molar-refractivity contribution < 1.29 is 19.1 Å². The van der Waals surface area contributed by atoms with Gasteiger partial charge in [-0.15, -0.1) is 0 Å². The fourth-order valence-electron chi connectivity index (χ4n) is 3.02. The number of carboxylic acid groups (broad SMARTS) is 1. The number of anilines is 1. The Balaban J connectivity index is 1.42. The minimum absolute atomic E-state index is 0.0951. The molecular formula is C19H23N3O4. The van der Waals surface area contributed by atoms with Crippen LogP contribution in [0.4, 0.5) is 5.69 Å². The van der Waals surface area contributed by atoms with Gasteiger partial charge in [0.15, 0.2) is 0 Å². The number of aromatic carboxylic acids is 1. The molecule has 2 aromatic rings. The summed E-state index contributed by atoms with van der Waals surface area (Å²) in [5.41, 5.74) is 2.47. The van der Waals surface area contributed by atoms with Crippen LogP contribution in [-0.4, -0.2) is 54.6 Å². The Labute approximate surface area is 152 Å². The fourth-order valence-corrected chi connectivity index (χ4v) is 3.02. The van der Waals surface area contributed by atoms with Gasteiger partial charge in [0.1, 0.15) is 5.76 Å². The van der Waals surface area contributed by atoms with Gasteiger partial charge in [-0.05, 0) is 36.8 Å². The van der Waals surface area contributed by atoms with Gasteiger partial charge in [0.25, 0.3) is 0 Å². The Morgan fingerprint density at radius 2 is 1.92 bits per heavy atom. The van der Waals surface area contributed by atoms with Gasteiger partial charge in [0.05, 0.1) is 13.1 Å². The van der Waals surface area contributed by atoms with E-state index in [-0.39, 0.29) is 18.2 Å². The number of aryl methyl sites for hydroxylation is 1. The summed E-state index contributed by atoms with van der Waals surface area (Å²) in [5, 5.41) is 11.6. The van der Waals surface area contributed by atoms with Gasteiger partial charge in [0, 0.05) is 31.9 Å². The molecule has 0 atom stereocenters. The van der Waals surface area contributed by atoms with Crippen molar-refractivity contribution in [1.29, 1.82) is 0 Å². The molecule has 3 rings (SSSR count). The molecule has 1 aromatic heterocycles. The molecule has 7 nitrogen and oxygen atoms in total. The predicted molar refractivity (Wildman–Crippen MR) is 97.3 cm³/mol. The zero-order valence-electron chi connectivity index (χ0n) is 14.8. The van der Waals surface area contributed by atoms with E-state index in [1.165, 1.54) is 17.3 Å². The van der Waals surface area contributed by atoms with Crippen molar-refractivity contribution in [3.63, 3.8) is 0 Å². The number of piperazine rings is 1. The van der Waals surface area contributed by atoms with Crippen LogP contribution in [0, 0.1) is 6.92 Å². The van der Waals surface area contributed by atoms with E-state index in [9.17, 15) is 9.59 Å². The van der Waals surface area contributed by atoms with Crippen LogP contribution in [0.3, 0.4) is 0 Å². The molecule has 26 heavy (non-hydrogen) atoms. The lowest BCUT2D eigenvalue weighted by atomic mass is 10.2. The predicted octanol–water partition coefficient (Wildman–Crippen LogP) is 1.72. The van der Waals surface area contributed by atoms with Crippen molar-refractivity contribution in [2.45, 2.75) is 13.5 Å². The normalized spacial score (nSPS) is 15.0. The second kappa shape index (κ2) is 8.05. The minimum atomic E-state index is -1.12. The maximum atomic E-state index is 12.1. The van der Waals surface area contributed by atoms with Crippen LogP contribution in [0.5, 0.6) is 0 Å². The smallest absolute Gasteiger partial charge is 0.371 e. The van der Waals surface area contributed by atoms with Crippen molar-refractivity contribution >= 4 is 17.6 Å². The summed E-state index contributed by atoms with van der Waals surface area (Å²) in [6, 6.07) is 11.4. The van der Waals surface area contributed by atoms with Gasteiger partial charge in [-0.2, -0.15) is 0 Å². The highest BCUT2D eigenvalue weighted by molar-refractivity contribution is 5.84. The molecule has 0 bridgehead atoms.